The number of benzene rings is 1. The number of nitrogens with zero attached hydrogens (tertiary/aromatic N) is 2. The molecule has 0 saturated carbocycles. The van der Waals surface area contributed by atoms with Crippen molar-refractivity contribution >= 4 is 23.8 Å². The summed E-state index contributed by atoms with van der Waals surface area (Å²) in [5, 5.41) is 25.3. The number of ether oxygens (including phenoxy) is 2. The lowest BCUT2D eigenvalue weighted by molar-refractivity contribution is -0.147. The zero-order valence-corrected chi connectivity index (χ0v) is 28.9. The highest BCUT2D eigenvalue weighted by molar-refractivity contribution is 5.86. The number of carboxylic acid groups (broad SMARTS) is 1. The van der Waals surface area contributed by atoms with Gasteiger partial charge in [-0.3, -0.25) is 14.4 Å². The van der Waals surface area contributed by atoms with E-state index >= 15 is 0 Å². The highest BCUT2D eigenvalue weighted by Crippen LogP contribution is 2.30. The first-order chi connectivity index (χ1) is 21.7. The average molecular weight is 649 g/mol. The Morgan fingerprint density at radius 1 is 1.02 bits per heavy atom. The molecule has 2 unspecified atom stereocenters. The minimum atomic E-state index is -1.28. The van der Waals surface area contributed by atoms with Crippen molar-refractivity contribution < 1.29 is 38.9 Å². The Morgan fingerprint density at radius 3 is 2.17 bits per heavy atom. The first-order valence-electron chi connectivity index (χ1n) is 16.3. The van der Waals surface area contributed by atoms with E-state index in [1.807, 2.05) is 32.0 Å². The first-order valence-corrected chi connectivity index (χ1v) is 16.3. The van der Waals surface area contributed by atoms with Crippen molar-refractivity contribution in [2.75, 3.05) is 27.8 Å². The van der Waals surface area contributed by atoms with Crippen LogP contribution in [0.15, 0.2) is 30.3 Å². The summed E-state index contributed by atoms with van der Waals surface area (Å²) in [6.45, 7) is 11.5. The molecule has 0 bridgehead atoms. The fraction of sp³-hybridized carbons (Fsp3) is 0.706. The number of aliphatic hydroxyl groups excluding tert-OH is 1. The Balaban J connectivity index is 2.21. The summed E-state index contributed by atoms with van der Waals surface area (Å²) in [7, 11) is 4.67. The third kappa shape index (κ3) is 9.89. The minimum absolute atomic E-state index is 0.00432. The maximum absolute atomic E-state index is 13.9. The largest absolute Gasteiger partial charge is 0.465 e. The average Bonchev–Trinajstić information content (AvgIpc) is 3.52. The summed E-state index contributed by atoms with van der Waals surface area (Å²) in [6, 6.07) is 6.79. The molecule has 4 amide bonds. The Kier molecular flexibility index (Phi) is 15.4. The van der Waals surface area contributed by atoms with E-state index in [1.54, 1.807) is 51.8 Å². The van der Waals surface area contributed by atoms with Gasteiger partial charge in [0.1, 0.15) is 6.04 Å². The molecule has 0 spiro atoms. The van der Waals surface area contributed by atoms with Gasteiger partial charge in [0.25, 0.3) is 0 Å². The van der Waals surface area contributed by atoms with Gasteiger partial charge in [-0.1, -0.05) is 71.4 Å². The van der Waals surface area contributed by atoms with Crippen molar-refractivity contribution in [2.45, 2.75) is 110 Å². The van der Waals surface area contributed by atoms with E-state index in [4.69, 9.17) is 9.47 Å². The van der Waals surface area contributed by atoms with Gasteiger partial charge < -0.3 is 40.1 Å². The van der Waals surface area contributed by atoms with E-state index in [-0.39, 0.29) is 42.0 Å². The van der Waals surface area contributed by atoms with E-state index in [2.05, 4.69) is 10.6 Å². The molecule has 12 nitrogen and oxygen atoms in total. The Hall–Kier alpha value is -3.22. The van der Waals surface area contributed by atoms with Crippen molar-refractivity contribution in [3.63, 3.8) is 0 Å². The topological polar surface area (TPSA) is 158 Å². The molecule has 9 atom stereocenters. The predicted octanol–water partition coefficient (Wildman–Crippen LogP) is 3.44. The van der Waals surface area contributed by atoms with Crippen LogP contribution in [0.3, 0.4) is 0 Å². The number of amides is 4. The van der Waals surface area contributed by atoms with Gasteiger partial charge in [-0.15, -0.1) is 0 Å². The smallest absolute Gasteiger partial charge is 0.405 e. The van der Waals surface area contributed by atoms with Crippen molar-refractivity contribution in [1.82, 2.24) is 20.4 Å². The van der Waals surface area contributed by atoms with Crippen LogP contribution in [0.4, 0.5) is 4.79 Å². The molecule has 0 aliphatic carbocycles. The maximum Gasteiger partial charge on any atom is 0.405 e. The van der Waals surface area contributed by atoms with Crippen molar-refractivity contribution in [2.24, 2.45) is 17.8 Å². The number of likely N-dealkylation sites (tertiary alicyclic amines) is 1. The van der Waals surface area contributed by atoms with E-state index in [9.17, 15) is 29.4 Å². The van der Waals surface area contributed by atoms with Gasteiger partial charge in [-0.05, 0) is 37.2 Å². The van der Waals surface area contributed by atoms with E-state index in [0.717, 1.165) is 6.42 Å². The molecule has 46 heavy (non-hydrogen) atoms. The van der Waals surface area contributed by atoms with Crippen LogP contribution in [0.25, 0.3) is 0 Å². The lowest BCUT2D eigenvalue weighted by atomic mass is 9.89. The number of likely N-dealkylation sites (N-methyl/N-ethyl adjacent to an activating group) is 1. The number of hydrogen-bond acceptors (Lipinski definition) is 7. The number of nitrogens with one attached hydrogen (secondary N) is 2. The molecule has 1 aromatic carbocycles. The van der Waals surface area contributed by atoms with Crippen molar-refractivity contribution in [3.05, 3.63) is 35.9 Å². The van der Waals surface area contributed by atoms with Gasteiger partial charge in [0, 0.05) is 27.8 Å². The summed E-state index contributed by atoms with van der Waals surface area (Å²) in [5.74, 6) is -1.79. The SMILES string of the molecule is CC[C@H](C)[C@@H]([C@@H](CC(=O)N1CCCC1[C@H](OC)[C@@H](C)C(=O)N[C@H](C)[C@@H](O)c1ccccc1)OC)N(C)C(=O)C(NC(=O)O)C(C)C. The zero-order valence-electron chi connectivity index (χ0n) is 28.9. The maximum atomic E-state index is 13.9. The van der Waals surface area contributed by atoms with Gasteiger partial charge in [-0.25, -0.2) is 4.79 Å². The van der Waals surface area contributed by atoms with Gasteiger partial charge in [-0.2, -0.15) is 0 Å². The number of aliphatic hydroxyl groups is 1. The molecule has 1 aliphatic rings. The fourth-order valence-corrected chi connectivity index (χ4v) is 6.55. The molecule has 1 aromatic rings. The monoisotopic (exact) mass is 648 g/mol. The fourth-order valence-electron chi connectivity index (χ4n) is 6.55. The van der Waals surface area contributed by atoms with Crippen molar-refractivity contribution in [1.29, 1.82) is 0 Å². The van der Waals surface area contributed by atoms with Gasteiger partial charge in [0.2, 0.25) is 17.7 Å². The quantitative estimate of drug-likeness (QED) is 0.200. The van der Waals surface area contributed by atoms with Gasteiger partial charge in [0.05, 0.1) is 48.8 Å². The second kappa shape index (κ2) is 18.2. The summed E-state index contributed by atoms with van der Waals surface area (Å²) < 4.78 is 11.7. The number of carbonyl (C=O) groups excluding carboxylic acids is 3. The van der Waals surface area contributed by atoms with Gasteiger partial charge in [0.15, 0.2) is 0 Å². The summed E-state index contributed by atoms with van der Waals surface area (Å²) in [5.41, 5.74) is 0.701. The predicted molar refractivity (Wildman–Crippen MR) is 175 cm³/mol. The molecule has 1 fully saturated rings. The lowest BCUT2D eigenvalue weighted by Crippen LogP contribution is -2.57. The Labute approximate surface area is 274 Å². The molecule has 12 heteroatoms. The van der Waals surface area contributed by atoms with Crippen LogP contribution in [-0.2, 0) is 23.9 Å². The molecule has 1 heterocycles. The molecule has 2 rings (SSSR count). The molecule has 1 saturated heterocycles. The molecule has 0 aromatic heterocycles. The zero-order chi connectivity index (χ0) is 34.7. The van der Waals surface area contributed by atoms with Crippen LogP contribution >= 0.6 is 0 Å². The molecular formula is C34H56N4O8. The lowest BCUT2D eigenvalue weighted by Gasteiger charge is -2.40. The van der Waals surface area contributed by atoms with Gasteiger partial charge >= 0.3 is 6.09 Å². The van der Waals surface area contributed by atoms with Crippen LogP contribution in [0.5, 0.6) is 0 Å². The van der Waals surface area contributed by atoms with Crippen LogP contribution in [0.2, 0.25) is 0 Å². The summed E-state index contributed by atoms with van der Waals surface area (Å²) >= 11 is 0. The second-order valence-electron chi connectivity index (χ2n) is 12.9. The third-order valence-electron chi connectivity index (χ3n) is 9.45. The van der Waals surface area contributed by atoms with E-state index < -0.39 is 48.4 Å². The third-order valence-corrected chi connectivity index (χ3v) is 9.45. The van der Waals surface area contributed by atoms with Crippen LogP contribution in [-0.4, -0.2) is 108 Å². The highest BCUT2D eigenvalue weighted by Gasteiger charge is 2.43. The Bertz CT molecular complexity index is 1140. The number of carbonyl (C=O) groups is 4. The number of methoxy groups -OCH3 is 2. The summed E-state index contributed by atoms with van der Waals surface area (Å²) in [4.78, 5) is 55.5. The number of hydrogen-bond donors (Lipinski definition) is 4. The van der Waals surface area contributed by atoms with Crippen LogP contribution < -0.4 is 10.6 Å². The van der Waals surface area contributed by atoms with Crippen LogP contribution in [0, 0.1) is 17.8 Å². The minimum Gasteiger partial charge on any atom is -0.465 e. The Morgan fingerprint density at radius 2 is 1.65 bits per heavy atom. The molecule has 260 valence electrons. The standard InChI is InChI=1S/C34H56N4O8/c1-10-21(4)29(37(7)33(42)28(20(2)3)36-34(43)44)26(45-8)19-27(39)38-18-14-17-25(38)31(46-9)22(5)32(41)35-23(6)30(40)24-15-12-11-13-16-24/h11-13,15-16,20-23,25-26,28-31,36,40H,10,14,17-19H2,1-9H3,(H,35,41)(H,43,44)/t21-,22+,23+,25?,26+,28?,29-,30+,31+/m0/s1. The molecule has 1 aliphatic heterocycles. The number of rotatable bonds is 17. The van der Waals surface area contributed by atoms with E-state index in [0.29, 0.717) is 24.9 Å². The normalized spacial score (nSPS) is 20.2. The van der Waals surface area contributed by atoms with Crippen molar-refractivity contribution in [3.8, 4) is 0 Å². The molecule has 0 radical (unpaired) electrons. The van der Waals surface area contributed by atoms with Crippen LogP contribution in [0.1, 0.15) is 78.9 Å². The van der Waals surface area contributed by atoms with E-state index in [1.165, 1.54) is 19.1 Å². The second-order valence-corrected chi connectivity index (χ2v) is 12.9. The molecular weight excluding hydrogens is 592 g/mol. The first kappa shape index (κ1) is 39.0. The molecule has 4 N–H and O–H groups in total. The summed E-state index contributed by atoms with van der Waals surface area (Å²) in [6.07, 6.45) is -1.30. The highest BCUT2D eigenvalue weighted by atomic mass is 16.5.